The number of thiocarbonyl (C=S) groups is 2. The zero-order chi connectivity index (χ0) is 4.99. The SMILES string of the molecule is OC(=S)C=C=S. The van der Waals surface area contributed by atoms with E-state index in [-0.39, 0.29) is 5.05 Å². The van der Waals surface area contributed by atoms with Gasteiger partial charge in [-0.1, -0.05) is 0 Å². The highest BCUT2D eigenvalue weighted by atomic mass is 32.1. The molecule has 0 aliphatic heterocycles. The summed E-state index contributed by atoms with van der Waals surface area (Å²) >= 11 is 8.34. The van der Waals surface area contributed by atoms with Crippen molar-refractivity contribution in [3.63, 3.8) is 0 Å². The first-order valence-electron chi connectivity index (χ1n) is 1.21. The van der Waals surface area contributed by atoms with Gasteiger partial charge in [-0.05, 0) is 29.5 Å². The Hall–Kier alpha value is -0.240. The van der Waals surface area contributed by atoms with Gasteiger partial charge in [0.05, 0.1) is 0 Å². The van der Waals surface area contributed by atoms with Crippen LogP contribution >= 0.6 is 24.4 Å². The maximum Gasteiger partial charge on any atom is 0.190 e. The quantitative estimate of drug-likeness (QED) is 0.410. The molecule has 3 heteroatoms. The summed E-state index contributed by atoms with van der Waals surface area (Å²) < 4.78 is 0. The molecule has 1 nitrogen and oxygen atoms in total. The predicted molar refractivity (Wildman–Crippen MR) is 32.4 cm³/mol. The first kappa shape index (κ1) is 5.76. The lowest BCUT2D eigenvalue weighted by molar-refractivity contribution is 0.574. The molecule has 0 bridgehead atoms. The third kappa shape index (κ3) is 3.76. The van der Waals surface area contributed by atoms with Crippen molar-refractivity contribution in [3.8, 4) is 0 Å². The molecule has 0 aromatic heterocycles. The average Bonchev–Trinajstić information content (AvgIpc) is 1.35. The molecule has 0 fully saturated rings. The van der Waals surface area contributed by atoms with Crippen molar-refractivity contribution < 1.29 is 5.11 Å². The number of hydrogen-bond donors (Lipinski definition) is 1. The molecule has 6 heavy (non-hydrogen) atoms. The van der Waals surface area contributed by atoms with E-state index in [2.05, 4.69) is 29.5 Å². The molecule has 0 saturated carbocycles. The van der Waals surface area contributed by atoms with Gasteiger partial charge in [0.25, 0.3) is 0 Å². The molecule has 0 saturated heterocycles. The molecule has 0 heterocycles. The molecule has 32 valence electrons. The van der Waals surface area contributed by atoms with E-state index < -0.39 is 0 Å². The van der Waals surface area contributed by atoms with Crippen molar-refractivity contribution in [1.29, 1.82) is 0 Å². The zero-order valence-corrected chi connectivity index (χ0v) is 4.47. The summed E-state index contributed by atoms with van der Waals surface area (Å²) in [6.07, 6.45) is 1.14. The van der Waals surface area contributed by atoms with E-state index in [1.165, 1.54) is 0 Å². The van der Waals surface area contributed by atoms with Crippen LogP contribution in [-0.4, -0.2) is 15.2 Å². The van der Waals surface area contributed by atoms with Crippen LogP contribution in [0.2, 0.25) is 0 Å². The van der Waals surface area contributed by atoms with Gasteiger partial charge < -0.3 is 5.11 Å². The van der Waals surface area contributed by atoms with E-state index in [0.29, 0.717) is 0 Å². The van der Waals surface area contributed by atoms with Crippen molar-refractivity contribution >= 4 is 34.5 Å². The van der Waals surface area contributed by atoms with Crippen molar-refractivity contribution in [2.75, 3.05) is 0 Å². The Bertz CT molecular complexity index is 101. The molecule has 0 rings (SSSR count). The monoisotopic (exact) mass is 118 g/mol. The lowest BCUT2D eigenvalue weighted by atomic mass is 10.7. The van der Waals surface area contributed by atoms with E-state index in [0.717, 1.165) is 6.08 Å². The van der Waals surface area contributed by atoms with Crippen LogP contribution in [0, 0.1) is 0 Å². The summed E-state index contributed by atoms with van der Waals surface area (Å²) in [5, 5.41) is 10.0. The van der Waals surface area contributed by atoms with Gasteiger partial charge in [0, 0.05) is 6.08 Å². The summed E-state index contributed by atoms with van der Waals surface area (Å²) in [5.74, 6) is 0. The Morgan fingerprint density at radius 3 is 2.33 bits per heavy atom. The van der Waals surface area contributed by atoms with Crippen LogP contribution in [-0.2, 0) is 0 Å². The number of aliphatic hydroxyl groups excluding tert-OH is 1. The normalized spacial score (nSPS) is 6.00. The van der Waals surface area contributed by atoms with Crippen LogP contribution in [0.4, 0.5) is 0 Å². The molecule has 0 spiro atoms. The fourth-order valence-electron chi connectivity index (χ4n) is 0.0504. The van der Waals surface area contributed by atoms with Gasteiger partial charge in [0.15, 0.2) is 5.05 Å². The van der Waals surface area contributed by atoms with Crippen LogP contribution < -0.4 is 0 Å². The van der Waals surface area contributed by atoms with Crippen molar-refractivity contribution in [2.24, 2.45) is 0 Å². The topological polar surface area (TPSA) is 20.2 Å². The van der Waals surface area contributed by atoms with Crippen LogP contribution in [0.5, 0.6) is 0 Å². The standard InChI is InChI=1S/C3H2OS2/c4-3(6)1-2-5/h1H,(H,4,6). The molecule has 0 atom stereocenters. The molecule has 1 N–H and O–H groups in total. The minimum atomic E-state index is -0.218. The summed E-state index contributed by atoms with van der Waals surface area (Å²) in [5.41, 5.74) is 0. The van der Waals surface area contributed by atoms with Crippen molar-refractivity contribution in [3.05, 3.63) is 6.08 Å². The fourth-order valence-corrected chi connectivity index (χ4v) is 0.296. The van der Waals surface area contributed by atoms with Crippen molar-refractivity contribution in [1.82, 2.24) is 0 Å². The van der Waals surface area contributed by atoms with Crippen LogP contribution in [0.25, 0.3) is 0 Å². The molecular formula is C3H2OS2. The average molecular weight is 118 g/mol. The fraction of sp³-hybridized carbons (Fsp3) is 0. The highest BCUT2D eigenvalue weighted by Crippen LogP contribution is 1.64. The third-order valence-electron chi connectivity index (χ3n) is 0.182. The molecule has 0 aliphatic carbocycles. The van der Waals surface area contributed by atoms with Crippen molar-refractivity contribution in [2.45, 2.75) is 0 Å². The zero-order valence-electron chi connectivity index (χ0n) is 2.84. The maximum atomic E-state index is 8.10. The Kier molecular flexibility index (Phi) is 2.85. The molecule has 0 aromatic rings. The minimum Gasteiger partial charge on any atom is -0.498 e. The highest BCUT2D eigenvalue weighted by molar-refractivity contribution is 7.81. The maximum absolute atomic E-state index is 8.10. The highest BCUT2D eigenvalue weighted by Gasteiger charge is 1.70. The Morgan fingerprint density at radius 1 is 1.83 bits per heavy atom. The largest absolute Gasteiger partial charge is 0.498 e. The summed E-state index contributed by atoms with van der Waals surface area (Å²) in [7, 11) is 0. The number of hydrogen-bond acceptors (Lipinski definition) is 2. The van der Waals surface area contributed by atoms with Gasteiger partial charge in [0.2, 0.25) is 0 Å². The molecule has 0 aromatic carbocycles. The second-order valence-corrected chi connectivity index (χ2v) is 1.25. The summed E-state index contributed by atoms with van der Waals surface area (Å²) in [6.45, 7) is 0. The van der Waals surface area contributed by atoms with Gasteiger partial charge in [-0.2, -0.15) is 0 Å². The van der Waals surface area contributed by atoms with Gasteiger partial charge in [0.1, 0.15) is 0 Å². The van der Waals surface area contributed by atoms with Crippen LogP contribution in [0.1, 0.15) is 0 Å². The first-order valence-corrected chi connectivity index (χ1v) is 2.03. The van der Waals surface area contributed by atoms with Gasteiger partial charge in [-0.25, -0.2) is 0 Å². The summed E-state index contributed by atoms with van der Waals surface area (Å²) in [4.78, 5) is 0. The second kappa shape index (κ2) is 2.97. The van der Waals surface area contributed by atoms with Crippen LogP contribution in [0.3, 0.4) is 0 Å². The lowest BCUT2D eigenvalue weighted by Gasteiger charge is -1.69. The van der Waals surface area contributed by atoms with E-state index in [9.17, 15) is 0 Å². The minimum absolute atomic E-state index is 0.218. The Morgan fingerprint density at radius 2 is 2.33 bits per heavy atom. The molecule has 0 unspecified atom stereocenters. The number of rotatable bonds is 1. The predicted octanol–water partition coefficient (Wildman–Crippen LogP) is 1.03. The molecule has 0 amide bonds. The molecule has 0 aliphatic rings. The summed E-state index contributed by atoms with van der Waals surface area (Å²) in [6, 6.07) is 0. The first-order chi connectivity index (χ1) is 2.77. The van der Waals surface area contributed by atoms with E-state index in [4.69, 9.17) is 5.11 Å². The molecular weight excluding hydrogens is 116 g/mol. The molecule has 0 radical (unpaired) electrons. The smallest absolute Gasteiger partial charge is 0.190 e. The van der Waals surface area contributed by atoms with Gasteiger partial charge in [-0.3, -0.25) is 0 Å². The Labute approximate surface area is 46.3 Å². The number of aliphatic hydroxyl groups is 1. The van der Waals surface area contributed by atoms with E-state index in [1.807, 2.05) is 0 Å². The van der Waals surface area contributed by atoms with Gasteiger partial charge in [-0.15, -0.1) is 0 Å². The van der Waals surface area contributed by atoms with E-state index >= 15 is 0 Å². The second-order valence-electron chi connectivity index (χ2n) is 0.600. The van der Waals surface area contributed by atoms with Crippen LogP contribution in [0.15, 0.2) is 6.08 Å². The van der Waals surface area contributed by atoms with E-state index in [1.54, 1.807) is 0 Å². The lowest BCUT2D eigenvalue weighted by Crippen LogP contribution is -1.79. The Balaban J connectivity index is 3.60. The van der Waals surface area contributed by atoms with Gasteiger partial charge >= 0.3 is 0 Å². The third-order valence-corrected chi connectivity index (χ3v) is 0.418.